The van der Waals surface area contributed by atoms with E-state index in [1.54, 1.807) is 0 Å². The van der Waals surface area contributed by atoms with Crippen LogP contribution in [-0.4, -0.2) is 27.8 Å². The Morgan fingerprint density at radius 2 is 1.68 bits per heavy atom. The van der Waals surface area contributed by atoms with E-state index in [1.807, 2.05) is 11.7 Å². The standard InChI is InChI=1S/C15H28BrN3/c1-7-13-15(16)14(18(6)17-13)10-19(8-11(2)3)9-12(4)5/h11-12H,7-10H2,1-6H3. The zero-order valence-corrected chi connectivity index (χ0v) is 14.8. The van der Waals surface area contributed by atoms with Crippen molar-refractivity contribution in [1.82, 2.24) is 14.7 Å². The van der Waals surface area contributed by atoms with Gasteiger partial charge < -0.3 is 0 Å². The third kappa shape index (κ3) is 4.92. The van der Waals surface area contributed by atoms with Crippen molar-refractivity contribution in [1.29, 1.82) is 0 Å². The lowest BCUT2D eigenvalue weighted by molar-refractivity contribution is 0.206. The minimum absolute atomic E-state index is 0.691. The van der Waals surface area contributed by atoms with E-state index < -0.39 is 0 Å². The van der Waals surface area contributed by atoms with E-state index >= 15 is 0 Å². The highest BCUT2D eigenvalue weighted by Crippen LogP contribution is 2.23. The molecule has 3 nitrogen and oxygen atoms in total. The van der Waals surface area contributed by atoms with E-state index in [1.165, 1.54) is 10.2 Å². The summed E-state index contributed by atoms with van der Waals surface area (Å²) in [6, 6.07) is 0. The molecule has 1 heterocycles. The first-order valence-electron chi connectivity index (χ1n) is 7.27. The van der Waals surface area contributed by atoms with Gasteiger partial charge in [0.25, 0.3) is 0 Å². The van der Waals surface area contributed by atoms with Gasteiger partial charge in [0.15, 0.2) is 0 Å². The number of hydrogen-bond acceptors (Lipinski definition) is 2. The Kier molecular flexibility index (Phi) is 6.54. The van der Waals surface area contributed by atoms with Gasteiger partial charge in [0.05, 0.1) is 15.9 Å². The Balaban J connectivity index is 2.86. The van der Waals surface area contributed by atoms with Gasteiger partial charge in [0.2, 0.25) is 0 Å². The molecule has 0 aliphatic heterocycles. The van der Waals surface area contributed by atoms with Crippen molar-refractivity contribution < 1.29 is 0 Å². The van der Waals surface area contributed by atoms with E-state index in [4.69, 9.17) is 0 Å². The van der Waals surface area contributed by atoms with E-state index in [-0.39, 0.29) is 0 Å². The lowest BCUT2D eigenvalue weighted by Gasteiger charge is -2.26. The molecule has 0 spiro atoms. The summed E-state index contributed by atoms with van der Waals surface area (Å²) in [5.41, 5.74) is 2.45. The molecular formula is C15H28BrN3. The Morgan fingerprint density at radius 3 is 2.05 bits per heavy atom. The molecule has 110 valence electrons. The molecule has 0 N–H and O–H groups in total. The number of aromatic nitrogens is 2. The maximum atomic E-state index is 4.58. The lowest BCUT2D eigenvalue weighted by Crippen LogP contribution is -2.31. The van der Waals surface area contributed by atoms with Crippen LogP contribution < -0.4 is 0 Å². The van der Waals surface area contributed by atoms with Gasteiger partial charge in [-0.1, -0.05) is 34.6 Å². The molecule has 0 fully saturated rings. The molecule has 1 aromatic heterocycles. The van der Waals surface area contributed by atoms with Gasteiger partial charge in [0, 0.05) is 26.7 Å². The van der Waals surface area contributed by atoms with E-state index in [0.717, 1.165) is 31.7 Å². The van der Waals surface area contributed by atoms with Crippen molar-refractivity contribution in [2.45, 2.75) is 47.6 Å². The molecule has 0 aromatic carbocycles. The fraction of sp³-hybridized carbons (Fsp3) is 0.800. The normalized spacial score (nSPS) is 12.1. The Labute approximate surface area is 126 Å². The number of halogens is 1. The van der Waals surface area contributed by atoms with Gasteiger partial charge >= 0.3 is 0 Å². The highest BCUT2D eigenvalue weighted by molar-refractivity contribution is 9.10. The van der Waals surface area contributed by atoms with Gasteiger partial charge in [-0.15, -0.1) is 0 Å². The minimum atomic E-state index is 0.691. The second kappa shape index (κ2) is 7.44. The summed E-state index contributed by atoms with van der Waals surface area (Å²) >= 11 is 3.71. The van der Waals surface area contributed by atoms with Crippen LogP contribution in [-0.2, 0) is 20.0 Å². The van der Waals surface area contributed by atoms with Crippen molar-refractivity contribution in [3.8, 4) is 0 Å². The van der Waals surface area contributed by atoms with Crippen LogP contribution in [0.25, 0.3) is 0 Å². The van der Waals surface area contributed by atoms with Crippen molar-refractivity contribution >= 4 is 15.9 Å². The van der Waals surface area contributed by atoms with Crippen LogP contribution in [0.15, 0.2) is 4.47 Å². The van der Waals surface area contributed by atoms with Crippen LogP contribution in [0.4, 0.5) is 0 Å². The molecule has 0 saturated heterocycles. The second-order valence-corrected chi connectivity index (χ2v) is 6.96. The van der Waals surface area contributed by atoms with Crippen molar-refractivity contribution in [2.75, 3.05) is 13.1 Å². The summed E-state index contributed by atoms with van der Waals surface area (Å²) < 4.78 is 3.21. The van der Waals surface area contributed by atoms with Crippen LogP contribution in [0.3, 0.4) is 0 Å². The van der Waals surface area contributed by atoms with Gasteiger partial charge in [-0.05, 0) is 34.2 Å². The summed E-state index contributed by atoms with van der Waals surface area (Å²) in [5.74, 6) is 1.38. The zero-order chi connectivity index (χ0) is 14.6. The third-order valence-corrected chi connectivity index (χ3v) is 4.04. The van der Waals surface area contributed by atoms with Crippen LogP contribution in [0.2, 0.25) is 0 Å². The van der Waals surface area contributed by atoms with E-state index in [0.29, 0.717) is 11.8 Å². The smallest absolute Gasteiger partial charge is 0.0767 e. The largest absolute Gasteiger partial charge is 0.297 e. The highest BCUT2D eigenvalue weighted by atomic mass is 79.9. The summed E-state index contributed by atoms with van der Waals surface area (Å²) in [5, 5.41) is 4.58. The Morgan fingerprint density at radius 1 is 1.16 bits per heavy atom. The predicted octanol–water partition coefficient (Wildman–Crippen LogP) is 3.86. The molecule has 0 amide bonds. The molecule has 1 aromatic rings. The quantitative estimate of drug-likeness (QED) is 0.757. The maximum Gasteiger partial charge on any atom is 0.0767 e. The van der Waals surface area contributed by atoms with E-state index in [2.05, 4.69) is 60.5 Å². The van der Waals surface area contributed by atoms with Crippen LogP contribution in [0.1, 0.15) is 46.0 Å². The monoisotopic (exact) mass is 329 g/mol. The molecule has 19 heavy (non-hydrogen) atoms. The molecule has 0 bridgehead atoms. The van der Waals surface area contributed by atoms with Crippen molar-refractivity contribution in [3.05, 3.63) is 15.9 Å². The molecule has 4 heteroatoms. The fourth-order valence-corrected chi connectivity index (χ4v) is 3.18. The van der Waals surface area contributed by atoms with Gasteiger partial charge in [-0.3, -0.25) is 9.58 Å². The predicted molar refractivity (Wildman–Crippen MR) is 85.2 cm³/mol. The van der Waals surface area contributed by atoms with Crippen LogP contribution >= 0.6 is 15.9 Å². The molecule has 0 aliphatic rings. The molecule has 0 radical (unpaired) electrons. The molecular weight excluding hydrogens is 302 g/mol. The van der Waals surface area contributed by atoms with Crippen LogP contribution in [0, 0.1) is 11.8 Å². The summed E-state index contributed by atoms with van der Waals surface area (Å²) in [7, 11) is 2.04. The number of rotatable bonds is 7. The zero-order valence-electron chi connectivity index (χ0n) is 13.2. The SMILES string of the molecule is CCc1nn(C)c(CN(CC(C)C)CC(C)C)c1Br. The van der Waals surface area contributed by atoms with Gasteiger partial charge in [-0.25, -0.2) is 0 Å². The first-order chi connectivity index (χ1) is 8.85. The molecule has 0 aliphatic carbocycles. The number of hydrogen-bond donors (Lipinski definition) is 0. The average Bonchev–Trinajstić information content (AvgIpc) is 2.54. The molecule has 1 rings (SSSR count). The lowest BCUT2D eigenvalue weighted by atomic mass is 10.1. The Bertz CT molecular complexity index is 386. The second-order valence-electron chi connectivity index (χ2n) is 6.17. The first kappa shape index (κ1) is 16.7. The van der Waals surface area contributed by atoms with Gasteiger partial charge in [0.1, 0.15) is 0 Å². The average molecular weight is 330 g/mol. The topological polar surface area (TPSA) is 21.1 Å². The summed E-state index contributed by atoms with van der Waals surface area (Å²) in [6.45, 7) is 14.5. The number of nitrogens with zero attached hydrogens (tertiary/aromatic N) is 3. The molecule has 0 unspecified atom stereocenters. The molecule has 0 atom stereocenters. The van der Waals surface area contributed by atoms with Gasteiger partial charge in [-0.2, -0.15) is 5.10 Å². The highest BCUT2D eigenvalue weighted by Gasteiger charge is 2.17. The van der Waals surface area contributed by atoms with Crippen molar-refractivity contribution in [3.63, 3.8) is 0 Å². The van der Waals surface area contributed by atoms with E-state index in [9.17, 15) is 0 Å². The summed E-state index contributed by atoms with van der Waals surface area (Å²) in [4.78, 5) is 2.54. The number of aryl methyl sites for hydroxylation is 2. The maximum absolute atomic E-state index is 4.58. The minimum Gasteiger partial charge on any atom is -0.297 e. The van der Waals surface area contributed by atoms with Crippen molar-refractivity contribution in [2.24, 2.45) is 18.9 Å². The fourth-order valence-electron chi connectivity index (χ4n) is 2.44. The first-order valence-corrected chi connectivity index (χ1v) is 8.07. The summed E-state index contributed by atoms with van der Waals surface area (Å²) in [6.07, 6.45) is 0.975. The van der Waals surface area contributed by atoms with Crippen LogP contribution in [0.5, 0.6) is 0 Å². The third-order valence-electron chi connectivity index (χ3n) is 3.12. The molecule has 0 saturated carbocycles. The Hall–Kier alpha value is -0.350.